The van der Waals surface area contributed by atoms with Gasteiger partial charge in [0.2, 0.25) is 0 Å². The Balaban J connectivity index is 1.98. The Morgan fingerprint density at radius 3 is 2.83 bits per heavy atom. The lowest BCUT2D eigenvalue weighted by molar-refractivity contribution is -0.142. The summed E-state index contributed by atoms with van der Waals surface area (Å²) in [5.74, 6) is 0.347. The van der Waals surface area contributed by atoms with Gasteiger partial charge in [0.25, 0.3) is 0 Å². The number of halogens is 4. The van der Waals surface area contributed by atoms with Gasteiger partial charge in [-0.25, -0.2) is 9.97 Å². The van der Waals surface area contributed by atoms with Gasteiger partial charge in [0.05, 0.1) is 0 Å². The third-order valence-electron chi connectivity index (χ3n) is 3.90. The standard InChI is InChI=1S/C14H17BrF3N5/c1-13(2)5-8(6-19-7-13)21-11-12-20-3-4-23(12)9(10(15)22-11)14(16,17)18/h3-4,8,19H,5-7H2,1-2H3,(H,21,22). The molecular formula is C14H17BrF3N5. The van der Waals surface area contributed by atoms with Crippen molar-refractivity contribution in [3.63, 3.8) is 0 Å². The van der Waals surface area contributed by atoms with Crippen LogP contribution in [0.2, 0.25) is 0 Å². The van der Waals surface area contributed by atoms with Gasteiger partial charge in [0.15, 0.2) is 17.2 Å². The molecule has 2 aromatic heterocycles. The maximum absolute atomic E-state index is 13.2. The maximum Gasteiger partial charge on any atom is 0.434 e. The third-order valence-corrected chi connectivity index (χ3v) is 4.45. The predicted octanol–water partition coefficient (Wildman–Crippen LogP) is 3.31. The summed E-state index contributed by atoms with van der Waals surface area (Å²) in [6.07, 6.45) is -0.989. The molecule has 0 saturated carbocycles. The molecule has 1 saturated heterocycles. The number of aromatic nitrogens is 3. The van der Waals surface area contributed by atoms with Crippen molar-refractivity contribution in [1.82, 2.24) is 19.7 Å². The lowest BCUT2D eigenvalue weighted by atomic mass is 9.83. The molecule has 1 atom stereocenters. The fraction of sp³-hybridized carbons (Fsp3) is 0.571. The number of rotatable bonds is 2. The van der Waals surface area contributed by atoms with Gasteiger partial charge in [-0.3, -0.25) is 4.40 Å². The van der Waals surface area contributed by atoms with E-state index in [9.17, 15) is 13.2 Å². The lowest BCUT2D eigenvalue weighted by Crippen LogP contribution is -2.47. The summed E-state index contributed by atoms with van der Waals surface area (Å²) in [7, 11) is 0. The second kappa shape index (κ2) is 5.62. The summed E-state index contributed by atoms with van der Waals surface area (Å²) >= 11 is 2.94. The zero-order valence-corrected chi connectivity index (χ0v) is 14.3. The van der Waals surface area contributed by atoms with Gasteiger partial charge in [-0.2, -0.15) is 13.2 Å². The first-order chi connectivity index (χ1) is 10.7. The quantitative estimate of drug-likeness (QED) is 0.824. The zero-order chi connectivity index (χ0) is 16.8. The molecule has 3 heterocycles. The van der Waals surface area contributed by atoms with Crippen molar-refractivity contribution >= 4 is 27.4 Å². The van der Waals surface area contributed by atoms with E-state index >= 15 is 0 Å². The zero-order valence-electron chi connectivity index (χ0n) is 12.7. The number of nitrogens with one attached hydrogen (secondary N) is 2. The first kappa shape index (κ1) is 16.5. The highest BCUT2D eigenvalue weighted by molar-refractivity contribution is 9.10. The van der Waals surface area contributed by atoms with Crippen LogP contribution in [0.3, 0.4) is 0 Å². The van der Waals surface area contributed by atoms with Crippen molar-refractivity contribution in [3.8, 4) is 0 Å². The molecule has 0 radical (unpaired) electrons. The monoisotopic (exact) mass is 391 g/mol. The Kier molecular flexibility index (Phi) is 4.04. The highest BCUT2D eigenvalue weighted by Crippen LogP contribution is 2.36. The average molecular weight is 392 g/mol. The summed E-state index contributed by atoms with van der Waals surface area (Å²) < 4.78 is 40.4. The SMILES string of the molecule is CC1(C)CNCC(Nc2nc(Br)c(C(F)(F)F)n3ccnc23)C1. The van der Waals surface area contributed by atoms with Crippen molar-refractivity contribution in [1.29, 1.82) is 0 Å². The van der Waals surface area contributed by atoms with Crippen LogP contribution < -0.4 is 10.6 Å². The van der Waals surface area contributed by atoms with E-state index in [0.29, 0.717) is 5.82 Å². The molecule has 0 amide bonds. The van der Waals surface area contributed by atoms with Gasteiger partial charge in [0.1, 0.15) is 4.60 Å². The Morgan fingerprint density at radius 2 is 2.17 bits per heavy atom. The number of alkyl halides is 3. The Hall–Kier alpha value is -1.35. The molecule has 1 aliphatic rings. The number of piperidine rings is 1. The largest absolute Gasteiger partial charge is 0.434 e. The van der Waals surface area contributed by atoms with Gasteiger partial charge < -0.3 is 10.6 Å². The van der Waals surface area contributed by atoms with Gasteiger partial charge in [-0.15, -0.1) is 0 Å². The third kappa shape index (κ3) is 3.30. The van der Waals surface area contributed by atoms with Gasteiger partial charge in [-0.1, -0.05) is 13.8 Å². The summed E-state index contributed by atoms with van der Waals surface area (Å²) in [6.45, 7) is 5.94. The second-order valence-electron chi connectivity index (χ2n) is 6.56. The van der Waals surface area contributed by atoms with E-state index in [1.165, 1.54) is 12.4 Å². The fourth-order valence-electron chi connectivity index (χ4n) is 3.00. The van der Waals surface area contributed by atoms with Gasteiger partial charge >= 0.3 is 6.18 Å². The van der Waals surface area contributed by atoms with Crippen molar-refractivity contribution < 1.29 is 13.2 Å². The predicted molar refractivity (Wildman–Crippen MR) is 84.4 cm³/mol. The summed E-state index contributed by atoms with van der Waals surface area (Å²) in [6, 6.07) is 0.0791. The summed E-state index contributed by atoms with van der Waals surface area (Å²) in [5, 5.41) is 6.56. The molecule has 3 rings (SSSR count). The molecule has 0 aliphatic carbocycles. The fourth-order valence-corrected chi connectivity index (χ4v) is 3.59. The van der Waals surface area contributed by atoms with E-state index in [-0.39, 0.29) is 21.7 Å². The molecule has 9 heteroatoms. The minimum absolute atomic E-state index is 0.0791. The Labute approximate surface area is 139 Å². The number of imidazole rings is 1. The highest BCUT2D eigenvalue weighted by Gasteiger charge is 2.38. The first-order valence-electron chi connectivity index (χ1n) is 7.24. The Bertz CT molecular complexity index is 725. The van der Waals surface area contributed by atoms with Crippen LogP contribution in [0, 0.1) is 5.41 Å². The molecule has 2 N–H and O–H groups in total. The van der Waals surface area contributed by atoms with Crippen molar-refractivity contribution in [2.24, 2.45) is 5.41 Å². The molecule has 0 aromatic carbocycles. The van der Waals surface area contributed by atoms with Crippen LogP contribution in [-0.2, 0) is 6.18 Å². The van der Waals surface area contributed by atoms with Crippen LogP contribution >= 0.6 is 15.9 Å². The highest BCUT2D eigenvalue weighted by atomic mass is 79.9. The minimum Gasteiger partial charge on any atom is -0.363 e. The molecule has 2 aromatic rings. The number of nitrogens with zero attached hydrogens (tertiary/aromatic N) is 3. The molecule has 23 heavy (non-hydrogen) atoms. The molecule has 126 valence electrons. The Morgan fingerprint density at radius 1 is 1.43 bits per heavy atom. The van der Waals surface area contributed by atoms with Crippen LogP contribution in [0.4, 0.5) is 19.0 Å². The molecule has 1 unspecified atom stereocenters. The van der Waals surface area contributed by atoms with Gasteiger partial charge in [0, 0.05) is 31.5 Å². The van der Waals surface area contributed by atoms with Gasteiger partial charge in [-0.05, 0) is 27.8 Å². The topological polar surface area (TPSA) is 54.2 Å². The minimum atomic E-state index is -4.52. The molecule has 1 aliphatic heterocycles. The first-order valence-corrected chi connectivity index (χ1v) is 8.04. The molecule has 0 bridgehead atoms. The van der Waals surface area contributed by atoms with E-state index in [1.54, 1.807) is 0 Å². The van der Waals surface area contributed by atoms with Crippen molar-refractivity contribution in [2.45, 2.75) is 32.5 Å². The summed E-state index contributed by atoms with van der Waals surface area (Å²) in [5.41, 5.74) is -0.577. The number of hydrogen-bond acceptors (Lipinski definition) is 4. The van der Waals surface area contributed by atoms with E-state index in [2.05, 4.69) is 50.4 Å². The van der Waals surface area contributed by atoms with Crippen LogP contribution in [0.15, 0.2) is 17.0 Å². The average Bonchev–Trinajstić information content (AvgIpc) is 2.84. The second-order valence-corrected chi connectivity index (χ2v) is 7.31. The van der Waals surface area contributed by atoms with Crippen LogP contribution in [0.25, 0.3) is 5.65 Å². The van der Waals surface area contributed by atoms with Crippen molar-refractivity contribution in [2.75, 3.05) is 18.4 Å². The smallest absolute Gasteiger partial charge is 0.363 e. The van der Waals surface area contributed by atoms with E-state index in [4.69, 9.17) is 0 Å². The van der Waals surface area contributed by atoms with E-state index < -0.39 is 11.9 Å². The number of hydrogen-bond donors (Lipinski definition) is 2. The number of anilines is 1. The van der Waals surface area contributed by atoms with E-state index in [1.807, 2.05) is 0 Å². The molecular weight excluding hydrogens is 375 g/mol. The van der Waals surface area contributed by atoms with Crippen LogP contribution in [0.1, 0.15) is 26.0 Å². The normalized spacial score (nSPS) is 21.6. The van der Waals surface area contributed by atoms with Crippen LogP contribution in [0.5, 0.6) is 0 Å². The lowest BCUT2D eigenvalue weighted by Gasteiger charge is -2.36. The van der Waals surface area contributed by atoms with E-state index in [0.717, 1.165) is 23.9 Å². The molecule has 1 fully saturated rings. The number of fused-ring (bicyclic) bond motifs is 1. The van der Waals surface area contributed by atoms with Crippen molar-refractivity contribution in [3.05, 3.63) is 22.7 Å². The maximum atomic E-state index is 13.2. The van der Waals surface area contributed by atoms with Crippen LogP contribution in [-0.4, -0.2) is 33.5 Å². The molecule has 0 spiro atoms. The molecule has 5 nitrogen and oxygen atoms in total. The summed E-state index contributed by atoms with van der Waals surface area (Å²) in [4.78, 5) is 8.09.